The van der Waals surface area contributed by atoms with Gasteiger partial charge in [0.15, 0.2) is 9.84 Å². The number of carbonyl (C=O) groups is 1. The summed E-state index contributed by atoms with van der Waals surface area (Å²) in [5.41, 5.74) is 3.53. The number of carbonyl (C=O) groups excluding carboxylic acids is 1. The highest BCUT2D eigenvalue weighted by molar-refractivity contribution is 7.93. The molecule has 0 fully saturated rings. The lowest BCUT2D eigenvalue weighted by Gasteiger charge is -2.03. The summed E-state index contributed by atoms with van der Waals surface area (Å²) < 4.78 is 22.1. The molecular weight excluding hydrogens is 300 g/mol. The fraction of sp³-hybridized carbons (Fsp3) is 0.231. The molecule has 0 aliphatic rings. The molecule has 7 heteroatoms. The topological polar surface area (TPSA) is 75.6 Å². The molecule has 1 N–H and O–H groups in total. The number of allylic oxidation sites excluding steroid dienone is 1. The highest BCUT2D eigenvalue weighted by atomic mass is 35.5. The molecule has 0 spiro atoms. The van der Waals surface area contributed by atoms with Crippen molar-refractivity contribution in [3.05, 3.63) is 46.0 Å². The summed E-state index contributed by atoms with van der Waals surface area (Å²) in [6.07, 6.45) is 1.08. The minimum absolute atomic E-state index is 0.216. The molecule has 0 unspecified atom stereocenters. The van der Waals surface area contributed by atoms with Gasteiger partial charge in [-0.25, -0.2) is 8.42 Å². The average molecular weight is 315 g/mol. The Kier molecular flexibility index (Phi) is 5.47. The van der Waals surface area contributed by atoms with Crippen molar-refractivity contribution in [2.45, 2.75) is 13.8 Å². The molecule has 108 valence electrons. The molecule has 1 rings (SSSR count). The summed E-state index contributed by atoms with van der Waals surface area (Å²) in [5, 5.41) is 5.44. The van der Waals surface area contributed by atoms with Gasteiger partial charge in [-0.1, -0.05) is 11.6 Å². The Morgan fingerprint density at radius 3 is 2.30 bits per heavy atom. The van der Waals surface area contributed by atoms with Gasteiger partial charge in [-0.05, 0) is 38.1 Å². The van der Waals surface area contributed by atoms with Gasteiger partial charge < -0.3 is 0 Å². The Balaban J connectivity index is 2.82. The molecule has 0 saturated carbocycles. The molecule has 0 aliphatic heterocycles. The maximum atomic E-state index is 12.0. The highest BCUT2D eigenvalue weighted by Crippen LogP contribution is 2.10. The number of benzene rings is 1. The number of rotatable bonds is 5. The predicted molar refractivity (Wildman–Crippen MR) is 80.6 cm³/mol. The van der Waals surface area contributed by atoms with E-state index in [1.54, 1.807) is 31.2 Å². The van der Waals surface area contributed by atoms with Crippen LogP contribution >= 0.6 is 11.6 Å². The number of ketones is 1. The lowest BCUT2D eigenvalue weighted by Crippen LogP contribution is -2.15. The maximum absolute atomic E-state index is 12.0. The molecule has 0 radical (unpaired) electrons. The third kappa shape index (κ3) is 5.54. The van der Waals surface area contributed by atoms with E-state index in [9.17, 15) is 13.2 Å². The van der Waals surface area contributed by atoms with Gasteiger partial charge in [-0.3, -0.25) is 10.2 Å². The molecule has 0 atom stereocenters. The van der Waals surface area contributed by atoms with Crippen LogP contribution in [0.15, 0.2) is 40.5 Å². The molecule has 0 aliphatic carbocycles. The number of hydrogen-bond acceptors (Lipinski definition) is 5. The van der Waals surface area contributed by atoms with Crippen molar-refractivity contribution in [1.82, 2.24) is 5.43 Å². The average Bonchev–Trinajstić information content (AvgIpc) is 2.34. The van der Waals surface area contributed by atoms with Gasteiger partial charge in [0.05, 0.1) is 5.41 Å². The van der Waals surface area contributed by atoms with Crippen LogP contribution < -0.4 is 5.43 Å². The maximum Gasteiger partial charge on any atom is 0.208 e. The normalized spacial score (nSPS) is 13.2. The van der Waals surface area contributed by atoms with Crippen LogP contribution in [0.2, 0.25) is 5.02 Å². The van der Waals surface area contributed by atoms with Crippen molar-refractivity contribution < 1.29 is 13.2 Å². The van der Waals surface area contributed by atoms with E-state index in [1.807, 2.05) is 0 Å². The van der Waals surface area contributed by atoms with Crippen LogP contribution in [-0.2, 0) is 9.84 Å². The first-order chi connectivity index (χ1) is 9.19. The molecule has 1 aromatic carbocycles. The van der Waals surface area contributed by atoms with Crippen molar-refractivity contribution in [3.63, 3.8) is 0 Å². The van der Waals surface area contributed by atoms with Crippen molar-refractivity contribution >= 4 is 32.9 Å². The van der Waals surface area contributed by atoms with Crippen LogP contribution in [0.5, 0.6) is 0 Å². The fourth-order valence-corrected chi connectivity index (χ4v) is 2.20. The number of sulfone groups is 1. The molecule has 0 saturated heterocycles. The molecular formula is C13H15ClN2O3S. The van der Waals surface area contributed by atoms with E-state index >= 15 is 0 Å². The fourth-order valence-electron chi connectivity index (χ4n) is 1.38. The summed E-state index contributed by atoms with van der Waals surface area (Å²) in [7, 11) is -3.24. The summed E-state index contributed by atoms with van der Waals surface area (Å²) >= 11 is 5.74. The quantitative estimate of drug-likeness (QED) is 0.514. The monoisotopic (exact) mass is 314 g/mol. The van der Waals surface area contributed by atoms with Crippen molar-refractivity contribution in [2.75, 3.05) is 6.26 Å². The lowest BCUT2D eigenvalue weighted by molar-refractivity contribution is 0.106. The lowest BCUT2D eigenvalue weighted by atomic mass is 10.1. The summed E-state index contributed by atoms with van der Waals surface area (Å²) in [5.74, 6) is -0.263. The second-order valence-electron chi connectivity index (χ2n) is 4.28. The molecule has 0 bridgehead atoms. The smallest absolute Gasteiger partial charge is 0.208 e. The van der Waals surface area contributed by atoms with E-state index in [1.165, 1.54) is 6.92 Å². The van der Waals surface area contributed by atoms with Crippen LogP contribution in [0.3, 0.4) is 0 Å². The molecule has 0 heterocycles. The summed E-state index contributed by atoms with van der Waals surface area (Å²) in [6, 6.07) is 6.43. The zero-order valence-electron chi connectivity index (χ0n) is 11.3. The Morgan fingerprint density at radius 2 is 1.80 bits per heavy atom. The second kappa shape index (κ2) is 6.67. The van der Waals surface area contributed by atoms with Gasteiger partial charge in [0, 0.05) is 22.5 Å². The number of halogens is 1. The van der Waals surface area contributed by atoms with E-state index < -0.39 is 9.84 Å². The first kappa shape index (κ1) is 16.4. The minimum atomic E-state index is -3.24. The van der Waals surface area contributed by atoms with Crippen LogP contribution in [0, 0.1) is 0 Å². The predicted octanol–water partition coefficient (Wildman–Crippen LogP) is 2.39. The zero-order chi connectivity index (χ0) is 15.3. The highest BCUT2D eigenvalue weighted by Gasteiger charge is 2.09. The van der Waals surface area contributed by atoms with Gasteiger partial charge in [-0.15, -0.1) is 0 Å². The van der Waals surface area contributed by atoms with Crippen molar-refractivity contribution in [2.24, 2.45) is 5.10 Å². The Morgan fingerprint density at radius 1 is 1.25 bits per heavy atom. The standard InChI is InChI=1S/C13H15ClN2O3S/c1-9(8-20(3,18)19)15-16-10(2)13(17)11-4-6-12(14)7-5-11/h4-8,15H,1-3H3/b9-8+,16-10?. The van der Waals surface area contributed by atoms with Gasteiger partial charge in [0.2, 0.25) is 5.78 Å². The van der Waals surface area contributed by atoms with E-state index in [2.05, 4.69) is 10.5 Å². The van der Waals surface area contributed by atoms with Crippen molar-refractivity contribution in [1.29, 1.82) is 0 Å². The SMILES string of the molecule is CC(=NN/C(C)=C/S(C)(=O)=O)C(=O)c1ccc(Cl)cc1. The molecule has 0 amide bonds. The Hall–Kier alpha value is -1.66. The van der Waals surface area contributed by atoms with Crippen LogP contribution in [0.1, 0.15) is 24.2 Å². The van der Waals surface area contributed by atoms with Crippen LogP contribution in [0.4, 0.5) is 0 Å². The van der Waals surface area contributed by atoms with Gasteiger partial charge >= 0.3 is 0 Å². The van der Waals surface area contributed by atoms with Crippen molar-refractivity contribution in [3.8, 4) is 0 Å². The van der Waals surface area contributed by atoms with E-state index in [-0.39, 0.29) is 11.5 Å². The number of Topliss-reactive ketones (excluding diaryl/α,β-unsaturated/α-hetero) is 1. The van der Waals surface area contributed by atoms with Crippen LogP contribution in [-0.4, -0.2) is 26.2 Å². The number of hydrogen-bond donors (Lipinski definition) is 1. The first-order valence-electron chi connectivity index (χ1n) is 5.68. The van der Waals surface area contributed by atoms with Gasteiger partial charge in [0.1, 0.15) is 5.71 Å². The van der Waals surface area contributed by atoms with Crippen LogP contribution in [0.25, 0.3) is 0 Å². The summed E-state index contributed by atoms with van der Waals surface area (Å²) in [4.78, 5) is 12.0. The van der Waals surface area contributed by atoms with E-state index in [0.29, 0.717) is 16.3 Å². The molecule has 20 heavy (non-hydrogen) atoms. The number of hydrazone groups is 1. The largest absolute Gasteiger partial charge is 0.287 e. The van der Waals surface area contributed by atoms with E-state index in [4.69, 9.17) is 11.6 Å². The number of nitrogens with zero attached hydrogens (tertiary/aromatic N) is 1. The second-order valence-corrected chi connectivity index (χ2v) is 6.61. The molecule has 1 aromatic rings. The summed E-state index contributed by atoms with van der Waals surface area (Å²) in [6.45, 7) is 3.09. The third-order valence-electron chi connectivity index (χ3n) is 2.23. The molecule has 0 aromatic heterocycles. The Labute approximate surface area is 123 Å². The third-order valence-corrected chi connectivity index (χ3v) is 3.26. The Bertz CT molecular complexity index is 661. The van der Waals surface area contributed by atoms with Gasteiger partial charge in [0.25, 0.3) is 0 Å². The zero-order valence-corrected chi connectivity index (χ0v) is 12.9. The van der Waals surface area contributed by atoms with Gasteiger partial charge in [-0.2, -0.15) is 5.10 Å². The minimum Gasteiger partial charge on any atom is -0.287 e. The number of nitrogens with one attached hydrogen (secondary N) is 1. The van der Waals surface area contributed by atoms with E-state index in [0.717, 1.165) is 11.7 Å². The molecule has 5 nitrogen and oxygen atoms in total. The first-order valence-corrected chi connectivity index (χ1v) is 8.01.